The van der Waals surface area contributed by atoms with Gasteiger partial charge in [0.05, 0.1) is 5.75 Å². The molecule has 0 saturated carbocycles. The van der Waals surface area contributed by atoms with E-state index in [4.69, 9.17) is 11.6 Å². The number of rotatable bonds is 4. The van der Waals surface area contributed by atoms with E-state index in [-0.39, 0.29) is 11.7 Å². The molecule has 1 saturated heterocycles. The number of anilines is 1. The summed E-state index contributed by atoms with van der Waals surface area (Å²) >= 11 is 5.89. The highest BCUT2D eigenvalue weighted by atomic mass is 35.5. The van der Waals surface area contributed by atoms with E-state index < -0.39 is 16.1 Å². The molecular formula is C12H15ClN2O3S. The highest BCUT2D eigenvalue weighted by Gasteiger charge is 2.34. The van der Waals surface area contributed by atoms with Gasteiger partial charge in [-0.15, -0.1) is 0 Å². The second-order valence-corrected chi connectivity index (χ2v) is 6.81. The molecule has 0 unspecified atom stereocenters. The third kappa shape index (κ3) is 3.26. The predicted octanol–water partition coefficient (Wildman–Crippen LogP) is 1.38. The van der Waals surface area contributed by atoms with E-state index in [0.29, 0.717) is 23.7 Å². The first-order chi connectivity index (χ1) is 8.93. The fourth-order valence-electron chi connectivity index (χ4n) is 1.99. The molecule has 0 aliphatic carbocycles. The molecule has 1 aliphatic heterocycles. The number of nitrogens with zero attached hydrogens (tertiary/aromatic N) is 1. The first-order valence-electron chi connectivity index (χ1n) is 6.00. The summed E-state index contributed by atoms with van der Waals surface area (Å²) in [6.07, 6.45) is 0.463. The average Bonchev–Trinajstić information content (AvgIpc) is 2.71. The molecule has 19 heavy (non-hydrogen) atoms. The van der Waals surface area contributed by atoms with E-state index in [2.05, 4.69) is 4.72 Å². The van der Waals surface area contributed by atoms with Gasteiger partial charge >= 0.3 is 0 Å². The van der Waals surface area contributed by atoms with Crippen molar-refractivity contribution >= 4 is 33.2 Å². The maximum absolute atomic E-state index is 12.2. The summed E-state index contributed by atoms with van der Waals surface area (Å²) < 4.78 is 25.4. The van der Waals surface area contributed by atoms with Crippen LogP contribution < -0.4 is 9.62 Å². The lowest BCUT2D eigenvalue weighted by molar-refractivity contribution is -0.118. The minimum atomic E-state index is -3.37. The molecular weight excluding hydrogens is 288 g/mol. The summed E-state index contributed by atoms with van der Waals surface area (Å²) in [5, 5.41) is 0.544. The fraction of sp³-hybridized carbons (Fsp3) is 0.417. The van der Waals surface area contributed by atoms with Crippen molar-refractivity contribution in [1.82, 2.24) is 4.72 Å². The van der Waals surface area contributed by atoms with E-state index in [0.717, 1.165) is 0 Å². The van der Waals surface area contributed by atoms with Gasteiger partial charge in [0.1, 0.15) is 6.04 Å². The normalized spacial score (nSPS) is 20.0. The van der Waals surface area contributed by atoms with E-state index in [1.165, 1.54) is 6.92 Å². The molecule has 104 valence electrons. The number of hydrogen-bond acceptors (Lipinski definition) is 3. The topological polar surface area (TPSA) is 66.5 Å². The Morgan fingerprint density at radius 3 is 2.84 bits per heavy atom. The number of sulfonamides is 1. The quantitative estimate of drug-likeness (QED) is 0.914. The van der Waals surface area contributed by atoms with E-state index in [1.807, 2.05) is 0 Å². The van der Waals surface area contributed by atoms with Crippen LogP contribution in [0.2, 0.25) is 5.02 Å². The van der Waals surface area contributed by atoms with Gasteiger partial charge in [-0.1, -0.05) is 17.7 Å². The van der Waals surface area contributed by atoms with Gasteiger partial charge in [0.2, 0.25) is 15.9 Å². The van der Waals surface area contributed by atoms with Gasteiger partial charge in [-0.05, 0) is 31.5 Å². The van der Waals surface area contributed by atoms with E-state index >= 15 is 0 Å². The number of benzene rings is 1. The summed E-state index contributed by atoms with van der Waals surface area (Å²) in [7, 11) is -3.37. The van der Waals surface area contributed by atoms with Crippen molar-refractivity contribution in [2.24, 2.45) is 0 Å². The van der Waals surface area contributed by atoms with Crippen LogP contribution in [0, 0.1) is 0 Å². The van der Waals surface area contributed by atoms with Crippen molar-refractivity contribution < 1.29 is 13.2 Å². The van der Waals surface area contributed by atoms with Crippen LogP contribution in [0.5, 0.6) is 0 Å². The molecule has 0 aromatic heterocycles. The van der Waals surface area contributed by atoms with Crippen LogP contribution in [0.1, 0.15) is 13.3 Å². The number of nitrogens with one attached hydrogen (secondary N) is 1. The maximum atomic E-state index is 12.2. The number of carbonyl (C=O) groups excluding carboxylic acids is 1. The third-order valence-corrected chi connectivity index (χ3v) is 4.67. The third-order valence-electron chi connectivity index (χ3n) is 3.03. The fourth-order valence-corrected chi connectivity index (χ4v) is 2.99. The van der Waals surface area contributed by atoms with Crippen molar-refractivity contribution in [2.45, 2.75) is 19.4 Å². The second kappa shape index (κ2) is 5.48. The summed E-state index contributed by atoms with van der Waals surface area (Å²) in [6.45, 7) is 2.02. The van der Waals surface area contributed by atoms with Crippen molar-refractivity contribution in [3.63, 3.8) is 0 Å². The number of carbonyl (C=O) groups is 1. The van der Waals surface area contributed by atoms with Crippen LogP contribution in [0.25, 0.3) is 0 Å². The van der Waals surface area contributed by atoms with Crippen molar-refractivity contribution in [3.05, 3.63) is 29.3 Å². The number of halogens is 1. The Balaban J connectivity index is 2.14. The predicted molar refractivity (Wildman–Crippen MR) is 74.8 cm³/mol. The van der Waals surface area contributed by atoms with E-state index in [1.54, 1.807) is 29.2 Å². The molecule has 1 fully saturated rings. The lowest BCUT2D eigenvalue weighted by Crippen LogP contribution is -2.42. The Hall–Kier alpha value is -1.11. The van der Waals surface area contributed by atoms with Gasteiger partial charge in [0.15, 0.2) is 0 Å². The van der Waals surface area contributed by atoms with Crippen LogP contribution >= 0.6 is 11.6 Å². The van der Waals surface area contributed by atoms with Gasteiger partial charge < -0.3 is 4.90 Å². The zero-order chi connectivity index (χ0) is 14.0. The van der Waals surface area contributed by atoms with Crippen molar-refractivity contribution in [1.29, 1.82) is 0 Å². The monoisotopic (exact) mass is 302 g/mol. The average molecular weight is 303 g/mol. The standard InChI is InChI=1S/C12H15ClN2O3S/c1-2-19(17,18)14-11-6-7-15(12(11)16)10-5-3-4-9(13)8-10/h3-5,8,11,14H,2,6-7H2,1H3/t11-/m1/s1. The highest BCUT2D eigenvalue weighted by molar-refractivity contribution is 7.89. The molecule has 1 heterocycles. The van der Waals surface area contributed by atoms with Crippen molar-refractivity contribution in [2.75, 3.05) is 17.2 Å². The zero-order valence-electron chi connectivity index (χ0n) is 10.5. The Morgan fingerprint density at radius 1 is 1.47 bits per heavy atom. The second-order valence-electron chi connectivity index (χ2n) is 4.33. The molecule has 1 N–H and O–H groups in total. The minimum absolute atomic E-state index is 0.0338. The Labute approximate surface area is 117 Å². The molecule has 1 aromatic carbocycles. The maximum Gasteiger partial charge on any atom is 0.245 e. The Bertz CT molecular complexity index is 588. The molecule has 1 aliphatic rings. The van der Waals surface area contributed by atoms with Crippen LogP contribution in [0.15, 0.2) is 24.3 Å². The van der Waals surface area contributed by atoms with Crippen LogP contribution in [0.4, 0.5) is 5.69 Å². The molecule has 0 radical (unpaired) electrons. The van der Waals surface area contributed by atoms with Crippen LogP contribution in [-0.2, 0) is 14.8 Å². The molecule has 1 amide bonds. The number of amides is 1. The van der Waals surface area contributed by atoms with Gasteiger partial charge in [-0.25, -0.2) is 13.1 Å². The Kier molecular flexibility index (Phi) is 4.13. The minimum Gasteiger partial charge on any atom is -0.311 e. The lowest BCUT2D eigenvalue weighted by Gasteiger charge is -2.17. The summed E-state index contributed by atoms with van der Waals surface area (Å²) in [6, 6.07) is 6.28. The summed E-state index contributed by atoms with van der Waals surface area (Å²) in [4.78, 5) is 13.7. The number of hydrogen-bond donors (Lipinski definition) is 1. The lowest BCUT2D eigenvalue weighted by atomic mass is 10.3. The van der Waals surface area contributed by atoms with E-state index in [9.17, 15) is 13.2 Å². The van der Waals surface area contributed by atoms with Gasteiger partial charge in [-0.3, -0.25) is 4.79 Å². The van der Waals surface area contributed by atoms with Crippen LogP contribution in [-0.4, -0.2) is 32.7 Å². The van der Waals surface area contributed by atoms with Gasteiger partial charge in [-0.2, -0.15) is 0 Å². The van der Waals surface area contributed by atoms with Crippen molar-refractivity contribution in [3.8, 4) is 0 Å². The smallest absolute Gasteiger partial charge is 0.245 e. The molecule has 5 nitrogen and oxygen atoms in total. The highest BCUT2D eigenvalue weighted by Crippen LogP contribution is 2.24. The molecule has 1 atom stereocenters. The van der Waals surface area contributed by atoms with Gasteiger partial charge in [0, 0.05) is 17.3 Å². The summed E-state index contributed by atoms with van der Waals surface area (Å²) in [5.41, 5.74) is 0.690. The largest absolute Gasteiger partial charge is 0.311 e. The zero-order valence-corrected chi connectivity index (χ0v) is 12.0. The van der Waals surface area contributed by atoms with Crippen LogP contribution in [0.3, 0.4) is 0 Å². The molecule has 0 bridgehead atoms. The first kappa shape index (κ1) is 14.3. The molecule has 1 aromatic rings. The van der Waals surface area contributed by atoms with Gasteiger partial charge in [0.25, 0.3) is 0 Å². The summed E-state index contributed by atoms with van der Waals surface area (Å²) in [5.74, 6) is -0.271. The molecule has 0 spiro atoms. The molecule has 2 rings (SSSR count). The SMILES string of the molecule is CCS(=O)(=O)N[C@@H]1CCN(c2cccc(Cl)c2)C1=O. The molecule has 7 heteroatoms. The first-order valence-corrected chi connectivity index (χ1v) is 8.03. The Morgan fingerprint density at radius 2 is 2.21 bits per heavy atom.